The van der Waals surface area contributed by atoms with Gasteiger partial charge in [-0.3, -0.25) is 14.2 Å². The van der Waals surface area contributed by atoms with Crippen LogP contribution >= 0.6 is 0 Å². The maximum Gasteiger partial charge on any atom is 0.330 e. The molecular formula is C11H16N4O3. The zero-order valence-electron chi connectivity index (χ0n) is 10.5. The number of amides is 1. The minimum absolute atomic E-state index is 0.0431. The monoisotopic (exact) mass is 252 g/mol. The number of piperazine rings is 1. The Kier molecular flexibility index (Phi) is 3.33. The molecule has 1 aliphatic rings. The Morgan fingerprint density at radius 1 is 1.22 bits per heavy atom. The van der Waals surface area contributed by atoms with Gasteiger partial charge in [0.2, 0.25) is 0 Å². The highest BCUT2D eigenvalue weighted by molar-refractivity contribution is 5.93. The van der Waals surface area contributed by atoms with Crippen LogP contribution in [0.15, 0.2) is 15.8 Å². The fraction of sp³-hybridized carbons (Fsp3) is 0.545. The minimum Gasteiger partial charge on any atom is -0.336 e. The summed E-state index contributed by atoms with van der Waals surface area (Å²) in [5.41, 5.74) is -0.931. The number of hydrogen-bond acceptors (Lipinski definition) is 4. The van der Waals surface area contributed by atoms with Crippen LogP contribution in [0.4, 0.5) is 0 Å². The SMILES string of the molecule is Cn1cc(C(=O)N2CCNCC2)c(=O)n(C)c1=O. The lowest BCUT2D eigenvalue weighted by Gasteiger charge is -2.27. The van der Waals surface area contributed by atoms with Crippen molar-refractivity contribution in [2.45, 2.75) is 0 Å². The summed E-state index contributed by atoms with van der Waals surface area (Å²) in [6.45, 7) is 2.59. The third-order valence-corrected chi connectivity index (χ3v) is 3.08. The molecule has 98 valence electrons. The molecule has 0 atom stereocenters. The van der Waals surface area contributed by atoms with Crippen molar-refractivity contribution in [3.8, 4) is 0 Å². The molecule has 18 heavy (non-hydrogen) atoms. The van der Waals surface area contributed by atoms with E-state index in [9.17, 15) is 14.4 Å². The summed E-state index contributed by atoms with van der Waals surface area (Å²) >= 11 is 0. The van der Waals surface area contributed by atoms with E-state index in [0.29, 0.717) is 13.1 Å². The minimum atomic E-state index is -0.540. The van der Waals surface area contributed by atoms with Crippen LogP contribution in [0.5, 0.6) is 0 Å². The molecule has 0 unspecified atom stereocenters. The molecule has 1 saturated heterocycles. The molecule has 1 aromatic heterocycles. The van der Waals surface area contributed by atoms with E-state index in [2.05, 4.69) is 5.32 Å². The van der Waals surface area contributed by atoms with E-state index in [4.69, 9.17) is 0 Å². The first-order valence-corrected chi connectivity index (χ1v) is 5.79. The molecule has 1 N–H and O–H groups in total. The lowest BCUT2D eigenvalue weighted by molar-refractivity contribution is 0.0732. The van der Waals surface area contributed by atoms with Crippen LogP contribution in [0.2, 0.25) is 0 Å². The predicted molar refractivity (Wildman–Crippen MR) is 65.7 cm³/mol. The second-order valence-corrected chi connectivity index (χ2v) is 4.34. The van der Waals surface area contributed by atoms with E-state index < -0.39 is 11.2 Å². The van der Waals surface area contributed by atoms with E-state index in [-0.39, 0.29) is 11.5 Å². The summed E-state index contributed by atoms with van der Waals surface area (Å²) in [5.74, 6) is -0.312. The summed E-state index contributed by atoms with van der Waals surface area (Å²) in [5, 5.41) is 3.14. The highest BCUT2D eigenvalue weighted by Crippen LogP contribution is 2.00. The first-order chi connectivity index (χ1) is 8.52. The van der Waals surface area contributed by atoms with E-state index >= 15 is 0 Å². The van der Waals surface area contributed by atoms with Gasteiger partial charge in [-0.1, -0.05) is 0 Å². The van der Waals surface area contributed by atoms with Gasteiger partial charge in [0, 0.05) is 46.5 Å². The van der Waals surface area contributed by atoms with Crippen molar-refractivity contribution in [3.63, 3.8) is 0 Å². The molecule has 2 rings (SSSR count). The summed E-state index contributed by atoms with van der Waals surface area (Å²) < 4.78 is 2.20. The maximum atomic E-state index is 12.2. The van der Waals surface area contributed by atoms with Crippen molar-refractivity contribution in [1.82, 2.24) is 19.4 Å². The van der Waals surface area contributed by atoms with Gasteiger partial charge in [-0.15, -0.1) is 0 Å². The van der Waals surface area contributed by atoms with Crippen molar-refractivity contribution < 1.29 is 4.79 Å². The summed E-state index contributed by atoms with van der Waals surface area (Å²) in [6.07, 6.45) is 1.31. The number of hydrogen-bond donors (Lipinski definition) is 1. The number of carbonyl (C=O) groups is 1. The number of nitrogens with zero attached hydrogens (tertiary/aromatic N) is 3. The number of carbonyl (C=O) groups excluding carboxylic acids is 1. The van der Waals surface area contributed by atoms with E-state index in [1.807, 2.05) is 0 Å². The van der Waals surface area contributed by atoms with Crippen LogP contribution in [-0.2, 0) is 14.1 Å². The van der Waals surface area contributed by atoms with Crippen molar-refractivity contribution in [1.29, 1.82) is 0 Å². The molecule has 0 aliphatic carbocycles. The van der Waals surface area contributed by atoms with Crippen molar-refractivity contribution in [2.75, 3.05) is 26.2 Å². The highest BCUT2D eigenvalue weighted by Gasteiger charge is 2.22. The fourth-order valence-electron chi connectivity index (χ4n) is 1.99. The molecule has 0 spiro atoms. The van der Waals surface area contributed by atoms with Gasteiger partial charge in [0.15, 0.2) is 0 Å². The van der Waals surface area contributed by atoms with Crippen LogP contribution in [0, 0.1) is 0 Å². The average Bonchev–Trinajstić information content (AvgIpc) is 2.41. The van der Waals surface area contributed by atoms with Gasteiger partial charge in [-0.2, -0.15) is 0 Å². The van der Waals surface area contributed by atoms with E-state index in [0.717, 1.165) is 17.7 Å². The van der Waals surface area contributed by atoms with E-state index in [1.165, 1.54) is 24.9 Å². The van der Waals surface area contributed by atoms with Crippen LogP contribution in [0.3, 0.4) is 0 Å². The van der Waals surface area contributed by atoms with Crippen LogP contribution in [0.25, 0.3) is 0 Å². The van der Waals surface area contributed by atoms with Crippen molar-refractivity contribution in [3.05, 3.63) is 32.6 Å². The first kappa shape index (κ1) is 12.6. The Balaban J connectivity index is 2.42. The molecule has 0 bridgehead atoms. The number of aryl methyl sites for hydroxylation is 1. The molecule has 2 heterocycles. The topological polar surface area (TPSA) is 76.3 Å². The Morgan fingerprint density at radius 3 is 2.44 bits per heavy atom. The van der Waals surface area contributed by atoms with Crippen LogP contribution < -0.4 is 16.6 Å². The quantitative estimate of drug-likeness (QED) is 0.635. The van der Waals surface area contributed by atoms with Crippen LogP contribution in [0.1, 0.15) is 10.4 Å². The van der Waals surface area contributed by atoms with E-state index in [1.54, 1.807) is 4.90 Å². The Labute approximate surface area is 104 Å². The molecule has 7 heteroatoms. The third kappa shape index (κ3) is 2.08. The zero-order valence-corrected chi connectivity index (χ0v) is 10.5. The highest BCUT2D eigenvalue weighted by atomic mass is 16.2. The number of rotatable bonds is 1. The second kappa shape index (κ2) is 4.77. The molecular weight excluding hydrogens is 236 g/mol. The van der Waals surface area contributed by atoms with Crippen molar-refractivity contribution >= 4 is 5.91 Å². The lowest BCUT2D eigenvalue weighted by atomic mass is 10.2. The molecule has 1 amide bonds. The van der Waals surface area contributed by atoms with Gasteiger partial charge in [0.1, 0.15) is 5.56 Å². The Morgan fingerprint density at radius 2 is 1.83 bits per heavy atom. The molecule has 0 aromatic carbocycles. The zero-order chi connectivity index (χ0) is 13.3. The van der Waals surface area contributed by atoms with Gasteiger partial charge in [-0.25, -0.2) is 4.79 Å². The summed E-state index contributed by atoms with van der Waals surface area (Å²) in [6, 6.07) is 0. The average molecular weight is 252 g/mol. The lowest BCUT2D eigenvalue weighted by Crippen LogP contribution is -2.49. The van der Waals surface area contributed by atoms with Crippen LogP contribution in [-0.4, -0.2) is 46.1 Å². The van der Waals surface area contributed by atoms with Gasteiger partial charge < -0.3 is 14.8 Å². The van der Waals surface area contributed by atoms with Gasteiger partial charge >= 0.3 is 5.69 Å². The van der Waals surface area contributed by atoms with Gasteiger partial charge in [0.25, 0.3) is 11.5 Å². The Hall–Kier alpha value is -1.89. The van der Waals surface area contributed by atoms with Crippen molar-refractivity contribution in [2.24, 2.45) is 14.1 Å². The third-order valence-electron chi connectivity index (χ3n) is 3.08. The molecule has 1 aromatic rings. The molecule has 0 radical (unpaired) electrons. The fourth-order valence-corrected chi connectivity index (χ4v) is 1.99. The maximum absolute atomic E-state index is 12.2. The number of nitrogens with one attached hydrogen (secondary N) is 1. The summed E-state index contributed by atoms with van der Waals surface area (Å²) in [7, 11) is 2.90. The smallest absolute Gasteiger partial charge is 0.330 e. The predicted octanol–water partition coefficient (Wildman–Crippen LogP) is -1.87. The normalized spacial score (nSPS) is 15.8. The van der Waals surface area contributed by atoms with Gasteiger partial charge in [0.05, 0.1) is 0 Å². The molecule has 1 fully saturated rings. The molecule has 0 saturated carbocycles. The molecule has 1 aliphatic heterocycles. The number of aromatic nitrogens is 2. The second-order valence-electron chi connectivity index (χ2n) is 4.34. The standard InChI is InChI=1S/C11H16N4O3/c1-13-7-8(9(16)14(2)11(13)18)10(17)15-5-3-12-4-6-15/h7,12H,3-6H2,1-2H3. The van der Waals surface area contributed by atoms with Gasteiger partial charge in [-0.05, 0) is 0 Å². The Bertz CT molecular complexity index is 581. The first-order valence-electron chi connectivity index (χ1n) is 5.79. The summed E-state index contributed by atoms with van der Waals surface area (Å²) in [4.78, 5) is 37.3. The molecule has 7 nitrogen and oxygen atoms in total. The largest absolute Gasteiger partial charge is 0.336 e.